The van der Waals surface area contributed by atoms with Crippen LogP contribution in [-0.4, -0.2) is 35.1 Å². The minimum absolute atomic E-state index is 0.408. The molecule has 0 saturated carbocycles. The monoisotopic (exact) mass is 392 g/mol. The summed E-state index contributed by atoms with van der Waals surface area (Å²) in [6.07, 6.45) is 0. The van der Waals surface area contributed by atoms with Crippen LogP contribution in [0.2, 0.25) is 10.0 Å². The summed E-state index contributed by atoms with van der Waals surface area (Å²) in [7, 11) is 4.06. The van der Waals surface area contributed by atoms with Gasteiger partial charge >= 0.3 is 0 Å². The number of hydrogen-bond acceptors (Lipinski definition) is 5. The van der Waals surface area contributed by atoms with Crippen molar-refractivity contribution in [1.82, 2.24) is 14.5 Å². The van der Waals surface area contributed by atoms with E-state index >= 15 is 0 Å². The lowest BCUT2D eigenvalue weighted by Gasteiger charge is -2.21. The van der Waals surface area contributed by atoms with E-state index in [0.29, 0.717) is 22.3 Å². The average molecular weight is 393 g/mol. The molecule has 0 saturated heterocycles. The number of para-hydroxylation sites is 2. The molecule has 0 radical (unpaired) electrons. The number of nitrogens with zero attached hydrogens (tertiary/aromatic N) is 4. The predicted molar refractivity (Wildman–Crippen MR) is 110 cm³/mol. The molecule has 138 valence electrons. The van der Waals surface area contributed by atoms with E-state index in [4.69, 9.17) is 39.8 Å². The molecule has 6 nitrogen and oxygen atoms in total. The minimum atomic E-state index is 0.408. The van der Waals surface area contributed by atoms with Crippen LogP contribution in [0.5, 0.6) is 0 Å². The Balaban J connectivity index is 2.00. The third-order valence-electron chi connectivity index (χ3n) is 4.20. The fourth-order valence-corrected chi connectivity index (χ4v) is 3.14. The molecular formula is C18H22Cl2N6. The first-order chi connectivity index (χ1) is 12.4. The van der Waals surface area contributed by atoms with Gasteiger partial charge in [-0.25, -0.2) is 10.8 Å². The number of halogens is 2. The summed E-state index contributed by atoms with van der Waals surface area (Å²) in [4.78, 5) is 6.84. The standard InChI is InChI=1S/C18H22Cl2N6/c1-24(2)7-8-25-17-10-13(20)12(19)9-15(17)23-18(25)11-26(22)16-6-4-3-5-14(16)21/h3-6,9-10H,7-8,11,21-22H2,1-2H3. The SMILES string of the molecule is CN(C)CCn1c(CN(N)c2ccccc2N)nc2cc(Cl)c(Cl)cc21. The normalized spacial score (nSPS) is 11.5. The van der Waals surface area contributed by atoms with Gasteiger partial charge in [-0.1, -0.05) is 35.3 Å². The van der Waals surface area contributed by atoms with Crippen molar-refractivity contribution in [3.63, 3.8) is 0 Å². The summed E-state index contributed by atoms with van der Waals surface area (Å²) in [5, 5.41) is 2.60. The van der Waals surface area contributed by atoms with Crippen molar-refractivity contribution in [2.24, 2.45) is 5.84 Å². The fourth-order valence-electron chi connectivity index (χ4n) is 2.83. The van der Waals surface area contributed by atoms with E-state index < -0.39 is 0 Å². The Kier molecular flexibility index (Phi) is 5.58. The maximum atomic E-state index is 6.27. The molecule has 0 aliphatic carbocycles. The van der Waals surface area contributed by atoms with Gasteiger partial charge in [-0.3, -0.25) is 0 Å². The van der Waals surface area contributed by atoms with Crippen LogP contribution in [0.15, 0.2) is 36.4 Å². The first-order valence-corrected chi connectivity index (χ1v) is 8.98. The van der Waals surface area contributed by atoms with Crippen molar-refractivity contribution >= 4 is 45.6 Å². The maximum Gasteiger partial charge on any atom is 0.131 e. The lowest BCUT2D eigenvalue weighted by Crippen LogP contribution is -2.32. The molecule has 0 aliphatic heterocycles. The highest BCUT2D eigenvalue weighted by molar-refractivity contribution is 6.42. The first kappa shape index (κ1) is 18.8. The average Bonchev–Trinajstić information content (AvgIpc) is 2.89. The van der Waals surface area contributed by atoms with Crippen molar-refractivity contribution in [3.8, 4) is 0 Å². The molecular weight excluding hydrogens is 371 g/mol. The number of fused-ring (bicyclic) bond motifs is 1. The lowest BCUT2D eigenvalue weighted by atomic mass is 10.2. The van der Waals surface area contributed by atoms with Gasteiger partial charge in [0, 0.05) is 13.1 Å². The number of aromatic nitrogens is 2. The molecule has 0 amide bonds. The van der Waals surface area contributed by atoms with Crippen LogP contribution in [-0.2, 0) is 13.1 Å². The molecule has 0 aliphatic rings. The topological polar surface area (TPSA) is 76.3 Å². The van der Waals surface area contributed by atoms with Gasteiger partial charge in [0.05, 0.1) is 39.0 Å². The van der Waals surface area contributed by atoms with Gasteiger partial charge in [-0.05, 0) is 38.4 Å². The summed E-state index contributed by atoms with van der Waals surface area (Å²) < 4.78 is 2.12. The van der Waals surface area contributed by atoms with Crippen LogP contribution < -0.4 is 16.6 Å². The van der Waals surface area contributed by atoms with E-state index in [9.17, 15) is 0 Å². The maximum absolute atomic E-state index is 6.27. The molecule has 8 heteroatoms. The second kappa shape index (κ2) is 7.72. The summed E-state index contributed by atoms with van der Waals surface area (Å²) in [6.45, 7) is 2.03. The summed E-state index contributed by atoms with van der Waals surface area (Å²) in [6, 6.07) is 11.1. The molecule has 3 aromatic rings. The molecule has 2 aromatic carbocycles. The Labute approximate surface area is 162 Å². The Morgan fingerprint density at radius 1 is 1.12 bits per heavy atom. The quantitative estimate of drug-likeness (QED) is 0.382. The number of anilines is 2. The van der Waals surface area contributed by atoms with E-state index in [0.717, 1.165) is 35.6 Å². The highest BCUT2D eigenvalue weighted by atomic mass is 35.5. The molecule has 0 atom stereocenters. The number of nitrogen functional groups attached to an aromatic ring is 1. The summed E-state index contributed by atoms with van der Waals surface area (Å²) >= 11 is 12.4. The third kappa shape index (κ3) is 3.88. The second-order valence-electron chi connectivity index (χ2n) is 6.42. The number of nitrogens with two attached hydrogens (primary N) is 2. The molecule has 1 aromatic heterocycles. The van der Waals surface area contributed by atoms with Crippen molar-refractivity contribution in [1.29, 1.82) is 0 Å². The van der Waals surface area contributed by atoms with Crippen LogP contribution >= 0.6 is 23.2 Å². The summed E-state index contributed by atoms with van der Waals surface area (Å²) in [5.74, 6) is 7.10. The van der Waals surface area contributed by atoms with Gasteiger partial charge in [0.15, 0.2) is 0 Å². The van der Waals surface area contributed by atoms with Crippen LogP contribution in [0.1, 0.15) is 5.82 Å². The van der Waals surface area contributed by atoms with Crippen molar-refractivity contribution < 1.29 is 0 Å². The Morgan fingerprint density at radius 2 is 1.81 bits per heavy atom. The number of imidazole rings is 1. The van der Waals surface area contributed by atoms with Crippen molar-refractivity contribution in [3.05, 3.63) is 52.3 Å². The van der Waals surface area contributed by atoms with Gasteiger partial charge in [-0.2, -0.15) is 0 Å². The minimum Gasteiger partial charge on any atom is -0.397 e. The number of hydrazine groups is 1. The largest absolute Gasteiger partial charge is 0.397 e. The first-order valence-electron chi connectivity index (χ1n) is 8.22. The fraction of sp³-hybridized carbons (Fsp3) is 0.278. The second-order valence-corrected chi connectivity index (χ2v) is 7.24. The van der Waals surface area contributed by atoms with Gasteiger partial charge in [0.25, 0.3) is 0 Å². The van der Waals surface area contributed by atoms with Crippen LogP contribution in [0, 0.1) is 0 Å². The third-order valence-corrected chi connectivity index (χ3v) is 4.92. The molecule has 0 spiro atoms. The van der Waals surface area contributed by atoms with Crippen molar-refractivity contribution in [2.45, 2.75) is 13.1 Å². The van der Waals surface area contributed by atoms with E-state index in [-0.39, 0.29) is 0 Å². The summed E-state index contributed by atoms with van der Waals surface area (Å²) in [5.41, 5.74) is 9.15. The zero-order valence-electron chi connectivity index (χ0n) is 14.8. The van der Waals surface area contributed by atoms with Gasteiger partial charge < -0.3 is 20.2 Å². The zero-order valence-corrected chi connectivity index (χ0v) is 16.3. The van der Waals surface area contributed by atoms with Gasteiger partial charge in [0.1, 0.15) is 5.82 Å². The predicted octanol–water partition coefficient (Wildman–Crippen LogP) is 3.37. The van der Waals surface area contributed by atoms with E-state index in [1.807, 2.05) is 44.4 Å². The van der Waals surface area contributed by atoms with Crippen LogP contribution in [0.4, 0.5) is 11.4 Å². The number of hydrogen-bond donors (Lipinski definition) is 2. The number of rotatable bonds is 6. The molecule has 0 fully saturated rings. The highest BCUT2D eigenvalue weighted by Crippen LogP contribution is 2.29. The Morgan fingerprint density at radius 3 is 2.50 bits per heavy atom. The zero-order chi connectivity index (χ0) is 18.8. The number of likely N-dealkylation sites (N-methyl/N-ethyl adjacent to an activating group) is 1. The Hall–Kier alpha value is -1.99. The highest BCUT2D eigenvalue weighted by Gasteiger charge is 2.16. The smallest absolute Gasteiger partial charge is 0.131 e. The van der Waals surface area contributed by atoms with Gasteiger partial charge in [-0.15, -0.1) is 0 Å². The molecule has 26 heavy (non-hydrogen) atoms. The molecule has 1 heterocycles. The lowest BCUT2D eigenvalue weighted by molar-refractivity contribution is 0.383. The molecule has 4 N–H and O–H groups in total. The van der Waals surface area contributed by atoms with Crippen molar-refractivity contribution in [2.75, 3.05) is 31.4 Å². The molecule has 3 rings (SSSR count). The van der Waals surface area contributed by atoms with Crippen LogP contribution in [0.25, 0.3) is 11.0 Å². The Bertz CT molecular complexity index is 921. The molecule has 0 bridgehead atoms. The van der Waals surface area contributed by atoms with E-state index in [2.05, 4.69) is 9.47 Å². The number of benzene rings is 2. The van der Waals surface area contributed by atoms with Gasteiger partial charge in [0.2, 0.25) is 0 Å². The molecule has 0 unspecified atom stereocenters. The van der Waals surface area contributed by atoms with Crippen LogP contribution in [0.3, 0.4) is 0 Å². The van der Waals surface area contributed by atoms with E-state index in [1.54, 1.807) is 11.1 Å². The van der Waals surface area contributed by atoms with E-state index in [1.165, 1.54) is 0 Å².